The van der Waals surface area contributed by atoms with E-state index < -0.39 is 17.7 Å². The van der Waals surface area contributed by atoms with Crippen molar-refractivity contribution < 1.29 is 19.1 Å². The lowest BCUT2D eigenvalue weighted by molar-refractivity contribution is -0.140. The summed E-state index contributed by atoms with van der Waals surface area (Å²) in [6.45, 7) is 14.5. The van der Waals surface area contributed by atoms with Crippen LogP contribution in [-0.2, 0) is 14.3 Å². The summed E-state index contributed by atoms with van der Waals surface area (Å²) in [7, 11) is 0. The summed E-state index contributed by atoms with van der Waals surface area (Å²) in [5, 5.41) is 5.55. The normalized spacial score (nSPS) is 12.1. The van der Waals surface area contributed by atoms with Crippen molar-refractivity contribution in [2.75, 3.05) is 11.9 Å². The minimum Gasteiger partial charge on any atom is -0.444 e. The Morgan fingerprint density at radius 1 is 0.971 bits per heavy atom. The number of hydrogen-bond acceptors (Lipinski definition) is 4. The average Bonchev–Trinajstić information content (AvgIpc) is 2.71. The summed E-state index contributed by atoms with van der Waals surface area (Å²) >= 11 is 0. The number of carbonyl (C=O) groups is 3. The molecule has 0 saturated heterocycles. The van der Waals surface area contributed by atoms with Crippen LogP contribution >= 0.6 is 0 Å². The number of carbonyl (C=O) groups excluding carboxylic acids is 3. The van der Waals surface area contributed by atoms with Gasteiger partial charge in [0.2, 0.25) is 5.91 Å². The molecule has 1 atom stereocenters. The largest absolute Gasteiger partial charge is 0.444 e. The van der Waals surface area contributed by atoms with E-state index in [1.807, 2.05) is 77.1 Å². The molecule has 2 rings (SSSR count). The first kappa shape index (κ1) is 26.9. The van der Waals surface area contributed by atoms with E-state index in [0.717, 1.165) is 22.4 Å². The Bertz CT molecular complexity index is 1020. The van der Waals surface area contributed by atoms with E-state index >= 15 is 0 Å². The molecule has 2 N–H and O–H groups in total. The van der Waals surface area contributed by atoms with Gasteiger partial charge >= 0.3 is 6.09 Å². The highest BCUT2D eigenvalue weighted by molar-refractivity contribution is 5.99. The number of nitrogens with zero attached hydrogens (tertiary/aromatic N) is 1. The van der Waals surface area contributed by atoms with Gasteiger partial charge in [-0.1, -0.05) is 48.0 Å². The second-order valence-electron chi connectivity index (χ2n) is 9.82. The molecule has 34 heavy (non-hydrogen) atoms. The fraction of sp³-hybridized carbons (Fsp3) is 0.444. The number of hydrogen-bond donors (Lipinski definition) is 2. The number of anilines is 1. The van der Waals surface area contributed by atoms with Crippen LogP contribution in [0.4, 0.5) is 10.5 Å². The standard InChI is InChI=1S/C27H37N3O4/c1-17(2)30(22(31)16-28-26(33)34-27(6,7)8)24(21-14-9-11-18(3)15-21)25(32)29-23-19(4)12-10-13-20(23)5/h9-15,17,24H,16H2,1-8H3,(H,28,33)(H,29,32). The molecular weight excluding hydrogens is 430 g/mol. The number of alkyl carbamates (subject to hydrolysis) is 1. The van der Waals surface area contributed by atoms with Crippen LogP contribution in [0.2, 0.25) is 0 Å². The number of benzene rings is 2. The van der Waals surface area contributed by atoms with Crippen LogP contribution in [-0.4, -0.2) is 41.0 Å². The SMILES string of the molecule is Cc1cccc(C(C(=O)Nc2c(C)cccc2C)N(C(=O)CNC(=O)OC(C)(C)C)C(C)C)c1. The molecule has 0 heterocycles. The van der Waals surface area contributed by atoms with Crippen LogP contribution in [0.15, 0.2) is 42.5 Å². The summed E-state index contributed by atoms with van der Waals surface area (Å²) in [6, 6.07) is 12.2. The van der Waals surface area contributed by atoms with Crippen molar-refractivity contribution in [3.8, 4) is 0 Å². The van der Waals surface area contributed by atoms with Crippen molar-refractivity contribution in [1.82, 2.24) is 10.2 Å². The van der Waals surface area contributed by atoms with Gasteiger partial charge in [-0.25, -0.2) is 4.79 Å². The molecule has 1 unspecified atom stereocenters. The fourth-order valence-corrected chi connectivity index (χ4v) is 3.77. The van der Waals surface area contributed by atoms with Crippen LogP contribution in [0.5, 0.6) is 0 Å². The number of amides is 3. The first-order valence-corrected chi connectivity index (χ1v) is 11.5. The van der Waals surface area contributed by atoms with Crippen LogP contribution in [0.25, 0.3) is 0 Å². The zero-order valence-corrected chi connectivity index (χ0v) is 21.5. The molecule has 0 aromatic heterocycles. The summed E-state index contributed by atoms with van der Waals surface area (Å²) in [6.07, 6.45) is -0.684. The third-order valence-electron chi connectivity index (χ3n) is 5.24. The van der Waals surface area contributed by atoms with Gasteiger partial charge in [-0.2, -0.15) is 0 Å². The number of ether oxygens (including phenoxy) is 1. The van der Waals surface area contributed by atoms with Crippen molar-refractivity contribution in [3.63, 3.8) is 0 Å². The van der Waals surface area contributed by atoms with Gasteiger partial charge in [0, 0.05) is 11.7 Å². The summed E-state index contributed by atoms with van der Waals surface area (Å²) in [5.74, 6) is -0.702. The first-order chi connectivity index (χ1) is 15.8. The predicted molar refractivity (Wildman–Crippen MR) is 135 cm³/mol. The van der Waals surface area contributed by atoms with Gasteiger partial charge in [-0.3, -0.25) is 9.59 Å². The number of nitrogens with one attached hydrogen (secondary N) is 2. The molecule has 0 saturated carbocycles. The maximum Gasteiger partial charge on any atom is 0.408 e. The van der Waals surface area contributed by atoms with E-state index in [1.54, 1.807) is 20.8 Å². The van der Waals surface area contributed by atoms with E-state index in [2.05, 4.69) is 10.6 Å². The maximum atomic E-state index is 13.7. The molecule has 0 bridgehead atoms. The molecule has 0 fully saturated rings. The molecule has 0 aliphatic heterocycles. The van der Waals surface area contributed by atoms with E-state index in [9.17, 15) is 14.4 Å². The van der Waals surface area contributed by atoms with Gasteiger partial charge in [0.1, 0.15) is 18.2 Å². The molecule has 0 aliphatic rings. The topological polar surface area (TPSA) is 87.7 Å². The van der Waals surface area contributed by atoms with E-state index in [-0.39, 0.29) is 24.4 Å². The van der Waals surface area contributed by atoms with Gasteiger partial charge in [0.15, 0.2) is 0 Å². The molecule has 2 aromatic rings. The number of rotatable bonds is 7. The van der Waals surface area contributed by atoms with Crippen molar-refractivity contribution in [2.24, 2.45) is 0 Å². The maximum absolute atomic E-state index is 13.7. The molecule has 7 heteroatoms. The Morgan fingerprint density at radius 2 is 1.56 bits per heavy atom. The molecule has 7 nitrogen and oxygen atoms in total. The molecule has 3 amide bonds. The van der Waals surface area contributed by atoms with Crippen LogP contribution in [0.3, 0.4) is 0 Å². The lowest BCUT2D eigenvalue weighted by atomic mass is 9.99. The smallest absolute Gasteiger partial charge is 0.408 e. The minimum absolute atomic E-state index is 0.286. The highest BCUT2D eigenvalue weighted by Crippen LogP contribution is 2.28. The molecule has 2 aromatic carbocycles. The second-order valence-corrected chi connectivity index (χ2v) is 9.82. The van der Waals surface area contributed by atoms with Gasteiger partial charge in [0.05, 0.1) is 0 Å². The van der Waals surface area contributed by atoms with Gasteiger partial charge in [-0.15, -0.1) is 0 Å². The molecule has 0 aliphatic carbocycles. The van der Waals surface area contributed by atoms with Crippen molar-refractivity contribution in [2.45, 2.75) is 73.1 Å². The zero-order chi connectivity index (χ0) is 25.6. The molecule has 0 spiro atoms. The third kappa shape index (κ3) is 7.33. The lowest BCUT2D eigenvalue weighted by Gasteiger charge is -2.35. The van der Waals surface area contributed by atoms with E-state index in [1.165, 1.54) is 4.90 Å². The molecule has 0 radical (unpaired) electrons. The Morgan fingerprint density at radius 3 is 2.09 bits per heavy atom. The Balaban J connectivity index is 2.39. The Labute approximate surface area is 202 Å². The first-order valence-electron chi connectivity index (χ1n) is 11.5. The average molecular weight is 468 g/mol. The fourth-order valence-electron chi connectivity index (χ4n) is 3.77. The summed E-state index contributed by atoms with van der Waals surface area (Å²) in [5.41, 5.74) is 3.60. The van der Waals surface area contributed by atoms with Crippen molar-refractivity contribution in [1.29, 1.82) is 0 Å². The van der Waals surface area contributed by atoms with Crippen molar-refractivity contribution >= 4 is 23.6 Å². The van der Waals surface area contributed by atoms with Crippen molar-refractivity contribution in [3.05, 3.63) is 64.7 Å². The van der Waals surface area contributed by atoms with Crippen LogP contribution in [0.1, 0.15) is 62.9 Å². The Hall–Kier alpha value is -3.35. The van der Waals surface area contributed by atoms with Crippen LogP contribution < -0.4 is 10.6 Å². The number of para-hydroxylation sites is 1. The predicted octanol–water partition coefficient (Wildman–Crippen LogP) is 5.05. The lowest BCUT2D eigenvalue weighted by Crippen LogP contribution is -2.49. The minimum atomic E-state index is -0.883. The van der Waals surface area contributed by atoms with E-state index in [0.29, 0.717) is 5.56 Å². The van der Waals surface area contributed by atoms with Crippen LogP contribution in [0, 0.1) is 20.8 Å². The second kappa shape index (κ2) is 11.2. The summed E-state index contributed by atoms with van der Waals surface area (Å²) < 4.78 is 5.24. The third-order valence-corrected chi connectivity index (χ3v) is 5.24. The van der Waals surface area contributed by atoms with Gasteiger partial charge in [-0.05, 0) is 72.1 Å². The quantitative estimate of drug-likeness (QED) is 0.596. The highest BCUT2D eigenvalue weighted by atomic mass is 16.6. The zero-order valence-electron chi connectivity index (χ0n) is 21.5. The summed E-state index contributed by atoms with van der Waals surface area (Å²) in [4.78, 5) is 40.6. The Kier molecular flexibility index (Phi) is 8.85. The molecule has 184 valence electrons. The molecular formula is C27H37N3O4. The van der Waals surface area contributed by atoms with Gasteiger partial charge in [0.25, 0.3) is 5.91 Å². The number of aryl methyl sites for hydroxylation is 3. The van der Waals surface area contributed by atoms with E-state index in [4.69, 9.17) is 4.74 Å². The monoisotopic (exact) mass is 467 g/mol. The highest BCUT2D eigenvalue weighted by Gasteiger charge is 2.34. The van der Waals surface area contributed by atoms with Gasteiger partial charge < -0.3 is 20.3 Å².